The molecule has 0 unspecified atom stereocenters. The van der Waals surface area contributed by atoms with E-state index in [1.54, 1.807) is 16.7 Å². The van der Waals surface area contributed by atoms with Crippen LogP contribution in [0.5, 0.6) is 5.75 Å². The molecule has 0 radical (unpaired) electrons. The topological polar surface area (TPSA) is 63.7 Å². The Morgan fingerprint density at radius 3 is 2.66 bits per heavy atom. The third-order valence-electron chi connectivity index (χ3n) is 5.81. The molecule has 4 rings (SSSR count). The lowest BCUT2D eigenvalue weighted by molar-refractivity contribution is -0.156. The van der Waals surface area contributed by atoms with Crippen LogP contribution in [0.4, 0.5) is 0 Å². The molecule has 2 fully saturated rings. The van der Waals surface area contributed by atoms with Gasteiger partial charge in [0.2, 0.25) is 5.91 Å². The molecule has 0 bridgehead atoms. The molecular weight excluding hydrogens is 386 g/mol. The molecule has 152 valence electrons. The smallest absolute Gasteiger partial charge is 0.230 e. The molecule has 2 heterocycles. The van der Waals surface area contributed by atoms with Gasteiger partial charge in [0.25, 0.3) is 0 Å². The van der Waals surface area contributed by atoms with Crippen molar-refractivity contribution in [3.05, 3.63) is 42.0 Å². The van der Waals surface area contributed by atoms with Crippen LogP contribution in [-0.4, -0.2) is 45.1 Å². The highest BCUT2D eigenvalue weighted by molar-refractivity contribution is 8.01. The number of hydrogen-bond donors (Lipinski definition) is 0. The first kappa shape index (κ1) is 20.0. The number of benzene rings is 2. The molecule has 2 aliphatic heterocycles. The van der Waals surface area contributed by atoms with Gasteiger partial charge in [-0.05, 0) is 50.6 Å². The number of Topliss-reactive ketones (excluding diaryl/α,β-unsaturated/α-hetero) is 2. The van der Waals surface area contributed by atoms with Gasteiger partial charge in [-0.25, -0.2) is 0 Å². The molecule has 0 saturated carbocycles. The van der Waals surface area contributed by atoms with Crippen LogP contribution >= 0.6 is 11.8 Å². The fraction of sp³-hybridized carbons (Fsp3) is 0.435. The Labute approximate surface area is 174 Å². The van der Waals surface area contributed by atoms with Gasteiger partial charge < -0.3 is 9.64 Å². The number of amides is 1. The SMILES string of the molecule is CCOc1ccc2cccc(C(=O)C[C@@H]3C(=O)N4[C@@H]3SC(C)(C)[C@@H]4C(C)=O)c2c1. The highest BCUT2D eigenvalue weighted by Crippen LogP contribution is 2.54. The second kappa shape index (κ2) is 7.17. The molecule has 0 spiro atoms. The molecule has 1 amide bonds. The molecule has 2 saturated heterocycles. The Hall–Kier alpha value is -2.34. The maximum Gasteiger partial charge on any atom is 0.230 e. The maximum absolute atomic E-state index is 13.2. The highest BCUT2D eigenvalue weighted by atomic mass is 32.2. The van der Waals surface area contributed by atoms with Crippen LogP contribution in [0.3, 0.4) is 0 Å². The van der Waals surface area contributed by atoms with E-state index in [0.717, 1.165) is 16.5 Å². The van der Waals surface area contributed by atoms with Crippen molar-refractivity contribution in [2.24, 2.45) is 5.92 Å². The molecule has 0 aromatic heterocycles. The van der Waals surface area contributed by atoms with Gasteiger partial charge in [0.15, 0.2) is 11.6 Å². The molecule has 5 nitrogen and oxygen atoms in total. The zero-order valence-electron chi connectivity index (χ0n) is 17.1. The maximum atomic E-state index is 13.2. The summed E-state index contributed by atoms with van der Waals surface area (Å²) in [6.45, 7) is 8.00. The van der Waals surface area contributed by atoms with E-state index < -0.39 is 6.04 Å². The van der Waals surface area contributed by atoms with Crippen LogP contribution in [0.1, 0.15) is 44.5 Å². The van der Waals surface area contributed by atoms with Crippen molar-refractivity contribution in [3.63, 3.8) is 0 Å². The van der Waals surface area contributed by atoms with E-state index in [1.165, 1.54) is 6.92 Å². The quantitative estimate of drug-likeness (QED) is 0.529. The van der Waals surface area contributed by atoms with Gasteiger partial charge in [-0.1, -0.05) is 24.3 Å². The Bertz CT molecular complexity index is 1020. The van der Waals surface area contributed by atoms with Crippen LogP contribution in [0.25, 0.3) is 10.8 Å². The summed E-state index contributed by atoms with van der Waals surface area (Å²) in [5, 5.41) is 1.70. The molecule has 2 aromatic rings. The summed E-state index contributed by atoms with van der Waals surface area (Å²) in [4.78, 5) is 39.7. The lowest BCUT2D eigenvalue weighted by Crippen LogP contribution is -2.62. The molecule has 0 N–H and O–H groups in total. The van der Waals surface area contributed by atoms with E-state index in [0.29, 0.717) is 12.2 Å². The van der Waals surface area contributed by atoms with Crippen molar-refractivity contribution in [2.45, 2.75) is 50.3 Å². The van der Waals surface area contributed by atoms with Crippen LogP contribution < -0.4 is 4.74 Å². The van der Waals surface area contributed by atoms with Crippen molar-refractivity contribution < 1.29 is 19.1 Å². The van der Waals surface area contributed by atoms with Crippen molar-refractivity contribution in [3.8, 4) is 5.75 Å². The number of ketones is 2. The minimum atomic E-state index is -0.414. The standard InChI is InChI=1S/C23H25NO4S/c1-5-28-15-10-9-14-7-6-8-16(17(14)11-15)19(26)12-18-21(27)24-20(13(2)25)23(3,4)29-22(18)24/h6-11,18,20,22H,5,12H2,1-4H3/t18-,20+,22-/m1/s1. The molecular formula is C23H25NO4S. The number of hydrogen-bond acceptors (Lipinski definition) is 5. The predicted molar refractivity (Wildman–Crippen MR) is 114 cm³/mol. The zero-order valence-corrected chi connectivity index (χ0v) is 17.9. The van der Waals surface area contributed by atoms with E-state index in [4.69, 9.17) is 4.74 Å². The molecule has 6 heteroatoms. The third kappa shape index (κ3) is 3.23. The number of carbonyl (C=O) groups excluding carboxylic acids is 3. The summed E-state index contributed by atoms with van der Waals surface area (Å²) in [7, 11) is 0. The second-order valence-electron chi connectivity index (χ2n) is 8.23. The Kier molecular flexibility index (Phi) is 4.93. The lowest BCUT2D eigenvalue weighted by Gasteiger charge is -2.44. The molecule has 2 aliphatic rings. The van der Waals surface area contributed by atoms with Crippen LogP contribution in [-0.2, 0) is 9.59 Å². The summed E-state index contributed by atoms with van der Waals surface area (Å²) in [6, 6.07) is 11.0. The Balaban J connectivity index is 1.59. The van der Waals surface area contributed by atoms with E-state index in [1.807, 2.05) is 57.2 Å². The predicted octanol–water partition coefficient (Wildman–Crippen LogP) is 4.08. The minimum Gasteiger partial charge on any atom is -0.494 e. The van der Waals surface area contributed by atoms with Crippen LogP contribution in [0.15, 0.2) is 36.4 Å². The molecule has 29 heavy (non-hydrogen) atoms. The normalized spacial score (nSPS) is 24.9. The van der Waals surface area contributed by atoms with E-state index in [2.05, 4.69) is 0 Å². The first-order valence-corrected chi connectivity index (χ1v) is 10.8. The van der Waals surface area contributed by atoms with E-state index in [-0.39, 0.29) is 39.9 Å². The van der Waals surface area contributed by atoms with Crippen molar-refractivity contribution in [1.82, 2.24) is 4.90 Å². The second-order valence-corrected chi connectivity index (χ2v) is 10.00. The number of β-lactam (4-membered cyclic amide) rings is 1. The number of rotatable bonds is 6. The largest absolute Gasteiger partial charge is 0.494 e. The van der Waals surface area contributed by atoms with Crippen molar-refractivity contribution >= 4 is 40.0 Å². The summed E-state index contributed by atoms with van der Waals surface area (Å²) in [6.07, 6.45) is 0.158. The average molecular weight is 412 g/mol. The van der Waals surface area contributed by atoms with Gasteiger partial charge in [0, 0.05) is 16.7 Å². The Morgan fingerprint density at radius 1 is 1.21 bits per heavy atom. The fourth-order valence-corrected chi connectivity index (χ4v) is 6.36. The van der Waals surface area contributed by atoms with Gasteiger partial charge in [-0.15, -0.1) is 11.8 Å². The van der Waals surface area contributed by atoms with E-state index >= 15 is 0 Å². The number of fused-ring (bicyclic) bond motifs is 2. The monoisotopic (exact) mass is 411 g/mol. The van der Waals surface area contributed by atoms with Gasteiger partial charge >= 0.3 is 0 Å². The highest BCUT2D eigenvalue weighted by Gasteiger charge is 2.62. The fourth-order valence-electron chi connectivity index (χ4n) is 4.61. The lowest BCUT2D eigenvalue weighted by atomic mass is 9.85. The van der Waals surface area contributed by atoms with Crippen molar-refractivity contribution in [1.29, 1.82) is 0 Å². The van der Waals surface area contributed by atoms with Gasteiger partial charge in [-0.3, -0.25) is 14.4 Å². The first-order chi connectivity index (χ1) is 13.7. The summed E-state index contributed by atoms with van der Waals surface area (Å²) in [5.74, 6) is 0.217. The van der Waals surface area contributed by atoms with Gasteiger partial charge in [-0.2, -0.15) is 0 Å². The van der Waals surface area contributed by atoms with Crippen LogP contribution in [0.2, 0.25) is 0 Å². The van der Waals surface area contributed by atoms with E-state index in [9.17, 15) is 14.4 Å². The first-order valence-electron chi connectivity index (χ1n) is 9.94. The van der Waals surface area contributed by atoms with Gasteiger partial charge in [0.05, 0.1) is 17.9 Å². The average Bonchev–Trinajstić information content (AvgIpc) is 2.93. The number of nitrogens with zero attached hydrogens (tertiary/aromatic N) is 1. The number of carbonyl (C=O) groups is 3. The van der Waals surface area contributed by atoms with Gasteiger partial charge in [0.1, 0.15) is 11.8 Å². The summed E-state index contributed by atoms with van der Waals surface area (Å²) in [5.41, 5.74) is 0.612. The number of ether oxygens (including phenoxy) is 1. The summed E-state index contributed by atoms with van der Waals surface area (Å²) < 4.78 is 5.25. The number of thioether (sulfide) groups is 1. The zero-order chi connectivity index (χ0) is 20.9. The molecule has 0 aliphatic carbocycles. The van der Waals surface area contributed by atoms with Crippen LogP contribution in [0, 0.1) is 5.92 Å². The minimum absolute atomic E-state index is 0.000587. The summed E-state index contributed by atoms with van der Waals surface area (Å²) >= 11 is 1.63. The Morgan fingerprint density at radius 2 is 1.97 bits per heavy atom. The van der Waals surface area contributed by atoms with Crippen molar-refractivity contribution in [2.75, 3.05) is 6.61 Å². The molecule has 3 atom stereocenters. The molecule has 2 aromatic carbocycles. The third-order valence-corrected chi connectivity index (χ3v) is 7.43.